The van der Waals surface area contributed by atoms with Crippen molar-refractivity contribution in [2.24, 2.45) is 0 Å². The molecule has 0 spiro atoms. The average Bonchev–Trinajstić information content (AvgIpc) is 3.02. The van der Waals surface area contributed by atoms with Crippen LogP contribution < -0.4 is 9.62 Å². The van der Waals surface area contributed by atoms with E-state index in [-0.39, 0.29) is 6.54 Å². The van der Waals surface area contributed by atoms with Gasteiger partial charge in [0.05, 0.1) is 5.69 Å². The summed E-state index contributed by atoms with van der Waals surface area (Å²) in [6, 6.07) is 3.33. The van der Waals surface area contributed by atoms with Crippen LogP contribution in [0.25, 0.3) is 0 Å². The van der Waals surface area contributed by atoms with Crippen molar-refractivity contribution in [1.82, 2.24) is 19.0 Å². The Bertz CT molecular complexity index is 885. The zero-order valence-corrected chi connectivity index (χ0v) is 15.4. The van der Waals surface area contributed by atoms with Gasteiger partial charge in [0.1, 0.15) is 5.82 Å². The van der Waals surface area contributed by atoms with E-state index in [1.54, 1.807) is 13.1 Å². The van der Waals surface area contributed by atoms with Gasteiger partial charge in [-0.1, -0.05) is 17.7 Å². The number of nitrogens with zero attached hydrogens (tertiary/aromatic N) is 3. The maximum Gasteiger partial charge on any atom is 0.340 e. The molecular formula is C16H21N5O3S. The van der Waals surface area contributed by atoms with Crippen LogP contribution in [0.3, 0.4) is 0 Å². The Balaban J connectivity index is 2.21. The lowest BCUT2D eigenvalue weighted by Gasteiger charge is -2.41. The molecule has 2 heterocycles. The molecule has 1 fully saturated rings. The molecular weight excluding hydrogens is 342 g/mol. The number of hydrogen-bond donors (Lipinski definition) is 2. The van der Waals surface area contributed by atoms with Crippen LogP contribution in [0.5, 0.6) is 0 Å². The Labute approximate surface area is 147 Å². The van der Waals surface area contributed by atoms with Crippen molar-refractivity contribution in [1.29, 1.82) is 0 Å². The summed E-state index contributed by atoms with van der Waals surface area (Å²) in [6.45, 7) is 7.45. The molecule has 0 saturated carbocycles. The average molecular weight is 363 g/mol. The molecule has 1 aliphatic rings. The third-order valence-electron chi connectivity index (χ3n) is 4.17. The van der Waals surface area contributed by atoms with Gasteiger partial charge in [-0.25, -0.2) is 14.1 Å². The van der Waals surface area contributed by atoms with E-state index >= 15 is 0 Å². The van der Waals surface area contributed by atoms with E-state index in [4.69, 9.17) is 0 Å². The summed E-state index contributed by atoms with van der Waals surface area (Å²) >= 11 is 0. The number of nitrogens with one attached hydrogen (secondary N) is 2. The van der Waals surface area contributed by atoms with E-state index in [0.29, 0.717) is 11.5 Å². The first-order valence-electron chi connectivity index (χ1n) is 7.96. The van der Waals surface area contributed by atoms with E-state index in [0.717, 1.165) is 21.0 Å². The molecule has 134 valence electrons. The summed E-state index contributed by atoms with van der Waals surface area (Å²) in [5.41, 5.74) is 3.53. The number of rotatable bonds is 3. The summed E-state index contributed by atoms with van der Waals surface area (Å²) in [6.07, 6.45) is 2.18. The van der Waals surface area contributed by atoms with E-state index in [2.05, 4.69) is 14.7 Å². The lowest BCUT2D eigenvalue weighted by Crippen LogP contribution is -2.61. The largest absolute Gasteiger partial charge is 0.346 e. The zero-order chi connectivity index (χ0) is 18.4. The summed E-state index contributed by atoms with van der Waals surface area (Å²) in [7, 11) is -3.94. The highest BCUT2D eigenvalue weighted by atomic mass is 32.2. The Hall–Kier alpha value is -2.39. The van der Waals surface area contributed by atoms with Gasteiger partial charge in [-0.2, -0.15) is 13.1 Å². The summed E-state index contributed by atoms with van der Waals surface area (Å²) in [4.78, 5) is 21.6. The molecule has 1 aliphatic heterocycles. The van der Waals surface area contributed by atoms with E-state index in [1.807, 2.05) is 32.9 Å². The van der Waals surface area contributed by atoms with Crippen molar-refractivity contribution in [2.75, 3.05) is 11.4 Å². The maximum atomic E-state index is 13.1. The summed E-state index contributed by atoms with van der Waals surface area (Å²) < 4.78 is 28.3. The molecule has 25 heavy (non-hydrogen) atoms. The van der Waals surface area contributed by atoms with Gasteiger partial charge < -0.3 is 4.98 Å². The quantitative estimate of drug-likeness (QED) is 0.873. The molecule has 1 atom stereocenters. The van der Waals surface area contributed by atoms with Gasteiger partial charge in [0.2, 0.25) is 0 Å². The highest BCUT2D eigenvalue weighted by Gasteiger charge is 2.45. The molecule has 0 radical (unpaired) electrons. The molecule has 2 aromatic rings. The number of H-pyrrole nitrogens is 1. The Morgan fingerprint density at radius 2 is 1.84 bits per heavy atom. The number of hydrogen-bond acceptors (Lipinski definition) is 4. The van der Waals surface area contributed by atoms with Crippen LogP contribution in [0.4, 0.5) is 10.5 Å². The first-order chi connectivity index (χ1) is 11.8. The minimum Gasteiger partial charge on any atom is -0.346 e. The smallest absolute Gasteiger partial charge is 0.340 e. The summed E-state index contributed by atoms with van der Waals surface area (Å²) in [5.74, 6) is 0.354. The minimum atomic E-state index is -3.94. The van der Waals surface area contributed by atoms with Crippen molar-refractivity contribution in [2.45, 2.75) is 33.9 Å². The standard InChI is InChI=1S/C16H21N5O3S/c1-5-20-16(22)21(13-11(3)8-10(2)9-12(13)4)15(19-25(20,23)24)14-17-6-7-18-14/h6-9,15,19H,5H2,1-4H3,(H,17,18). The number of aryl methyl sites for hydroxylation is 3. The Morgan fingerprint density at radius 3 is 2.36 bits per heavy atom. The van der Waals surface area contributed by atoms with Crippen LogP contribution in [0.2, 0.25) is 0 Å². The second-order valence-corrected chi connectivity index (χ2v) is 7.69. The number of urea groups is 1. The number of anilines is 1. The number of aromatic amines is 1. The van der Waals surface area contributed by atoms with Crippen molar-refractivity contribution < 1.29 is 13.2 Å². The zero-order valence-electron chi connectivity index (χ0n) is 14.6. The maximum absolute atomic E-state index is 13.1. The predicted octanol–water partition coefficient (Wildman–Crippen LogP) is 2.13. The predicted molar refractivity (Wildman–Crippen MR) is 94.3 cm³/mol. The van der Waals surface area contributed by atoms with Crippen molar-refractivity contribution in [3.05, 3.63) is 47.0 Å². The van der Waals surface area contributed by atoms with Gasteiger partial charge in [0, 0.05) is 18.9 Å². The van der Waals surface area contributed by atoms with Gasteiger partial charge in [-0.15, -0.1) is 0 Å². The second kappa shape index (κ2) is 6.16. The van der Waals surface area contributed by atoms with Gasteiger partial charge >= 0.3 is 16.2 Å². The monoisotopic (exact) mass is 363 g/mol. The van der Waals surface area contributed by atoms with Crippen LogP contribution >= 0.6 is 0 Å². The third-order valence-corrected chi connectivity index (χ3v) is 5.69. The topological polar surface area (TPSA) is 98.4 Å². The highest BCUT2D eigenvalue weighted by Crippen LogP contribution is 2.35. The molecule has 2 amide bonds. The fourth-order valence-electron chi connectivity index (χ4n) is 3.28. The number of carbonyl (C=O) groups excluding carboxylic acids is 1. The van der Waals surface area contributed by atoms with Gasteiger partial charge in [0.25, 0.3) is 0 Å². The molecule has 3 rings (SSSR count). The highest BCUT2D eigenvalue weighted by molar-refractivity contribution is 7.87. The molecule has 1 aromatic carbocycles. The number of amides is 2. The molecule has 1 aromatic heterocycles. The van der Waals surface area contributed by atoms with Gasteiger partial charge in [0.15, 0.2) is 6.17 Å². The minimum absolute atomic E-state index is 0.0412. The first kappa shape index (κ1) is 17.4. The first-order valence-corrected chi connectivity index (χ1v) is 9.40. The Kier molecular flexibility index (Phi) is 4.29. The van der Waals surface area contributed by atoms with Crippen LogP contribution in [0.1, 0.15) is 35.6 Å². The van der Waals surface area contributed by atoms with Crippen LogP contribution in [-0.2, 0) is 10.2 Å². The third kappa shape index (κ3) is 2.89. The molecule has 9 heteroatoms. The molecule has 1 saturated heterocycles. The van der Waals surface area contributed by atoms with E-state index < -0.39 is 22.4 Å². The molecule has 0 aliphatic carbocycles. The van der Waals surface area contributed by atoms with Crippen LogP contribution in [0, 0.1) is 20.8 Å². The lowest BCUT2D eigenvalue weighted by atomic mass is 10.0. The van der Waals surface area contributed by atoms with Crippen LogP contribution in [0.15, 0.2) is 24.5 Å². The van der Waals surface area contributed by atoms with Crippen LogP contribution in [-0.4, -0.2) is 35.3 Å². The number of benzene rings is 1. The SMILES string of the molecule is CCN1C(=O)N(c2c(C)cc(C)cc2C)C(c2ncc[nH]2)NS1(=O)=O. The van der Waals surface area contributed by atoms with Crippen molar-refractivity contribution >= 4 is 21.9 Å². The van der Waals surface area contributed by atoms with Crippen molar-refractivity contribution in [3.63, 3.8) is 0 Å². The van der Waals surface area contributed by atoms with Gasteiger partial charge in [-0.05, 0) is 38.8 Å². The lowest BCUT2D eigenvalue weighted by molar-refractivity contribution is 0.221. The fraction of sp³-hybridized carbons (Fsp3) is 0.375. The normalized spacial score (nSPS) is 20.2. The van der Waals surface area contributed by atoms with E-state index in [9.17, 15) is 13.2 Å². The number of carbonyl (C=O) groups is 1. The molecule has 1 unspecified atom stereocenters. The molecule has 8 nitrogen and oxygen atoms in total. The number of aromatic nitrogens is 2. The number of imidazole rings is 1. The van der Waals surface area contributed by atoms with Crippen molar-refractivity contribution in [3.8, 4) is 0 Å². The van der Waals surface area contributed by atoms with Gasteiger partial charge in [-0.3, -0.25) is 4.90 Å². The summed E-state index contributed by atoms with van der Waals surface area (Å²) in [5, 5.41) is 0. The fourth-order valence-corrected chi connectivity index (χ4v) is 4.54. The molecule has 0 bridgehead atoms. The second-order valence-electron chi connectivity index (χ2n) is 6.06. The molecule has 2 N–H and O–H groups in total. The Morgan fingerprint density at radius 1 is 1.20 bits per heavy atom. The van der Waals surface area contributed by atoms with E-state index in [1.165, 1.54) is 11.1 Å².